The smallest absolute Gasteiger partial charge is 0.166 e. The first kappa shape index (κ1) is 28.2. The maximum atomic E-state index is 9.39. The summed E-state index contributed by atoms with van der Waals surface area (Å²) in [6, 6.07) is 0. The fraction of sp³-hybridized carbons (Fsp3) is 0.857. The molecule has 1 aliphatic heterocycles. The number of nitrogens with one attached hydrogen (secondary N) is 1. The molecule has 2 N–H and O–H groups in total. The van der Waals surface area contributed by atoms with Gasteiger partial charge in [0.2, 0.25) is 0 Å². The highest BCUT2D eigenvalue weighted by atomic mass is 16.3. The van der Waals surface area contributed by atoms with Crippen LogP contribution in [0.15, 0.2) is 24.6 Å². The second kappa shape index (κ2) is 19.9. The SMILES string of the molecule is CCCCCCCC/C=C/CCCCCCCCCCCC1NC=C[N+]1(CC)CCO. The molecule has 0 aliphatic carbocycles. The van der Waals surface area contributed by atoms with E-state index in [2.05, 4.69) is 43.7 Å². The highest BCUT2D eigenvalue weighted by molar-refractivity contribution is 4.84. The predicted molar refractivity (Wildman–Crippen MR) is 137 cm³/mol. The van der Waals surface area contributed by atoms with Crippen molar-refractivity contribution in [1.82, 2.24) is 5.32 Å². The number of nitrogens with zero attached hydrogens (tertiary/aromatic N) is 1. The van der Waals surface area contributed by atoms with Gasteiger partial charge in [0.1, 0.15) is 12.7 Å². The summed E-state index contributed by atoms with van der Waals surface area (Å²) < 4.78 is 0.907. The number of aliphatic hydroxyl groups excluding tert-OH is 1. The molecule has 0 amide bonds. The van der Waals surface area contributed by atoms with Crippen molar-refractivity contribution in [3.63, 3.8) is 0 Å². The summed E-state index contributed by atoms with van der Waals surface area (Å²) in [4.78, 5) is 0. The van der Waals surface area contributed by atoms with Crippen molar-refractivity contribution in [1.29, 1.82) is 0 Å². The number of allylic oxidation sites excluding steroid dienone is 2. The number of hydrogen-bond acceptors (Lipinski definition) is 2. The second-order valence-corrected chi connectivity index (χ2v) is 9.65. The minimum absolute atomic E-state index is 0.270. The largest absolute Gasteiger partial charge is 0.390 e. The van der Waals surface area contributed by atoms with Crippen LogP contribution in [0.5, 0.6) is 0 Å². The molecule has 0 aromatic rings. The summed E-state index contributed by atoms with van der Waals surface area (Å²) >= 11 is 0. The van der Waals surface area contributed by atoms with Crippen LogP contribution in [0.3, 0.4) is 0 Å². The fourth-order valence-corrected chi connectivity index (χ4v) is 4.91. The maximum Gasteiger partial charge on any atom is 0.166 e. The van der Waals surface area contributed by atoms with E-state index in [9.17, 15) is 5.11 Å². The zero-order chi connectivity index (χ0) is 22.5. The van der Waals surface area contributed by atoms with Gasteiger partial charge in [0, 0.05) is 6.42 Å². The normalized spacial score (nSPS) is 20.7. The summed E-state index contributed by atoms with van der Waals surface area (Å²) in [5.41, 5.74) is 0. The first-order valence-corrected chi connectivity index (χ1v) is 13.8. The Bertz CT molecular complexity index is 448. The molecule has 0 aromatic heterocycles. The molecule has 2 unspecified atom stereocenters. The molecule has 3 heteroatoms. The molecule has 1 rings (SSSR count). The summed E-state index contributed by atoms with van der Waals surface area (Å²) in [7, 11) is 0. The van der Waals surface area contributed by atoms with E-state index in [1.54, 1.807) is 0 Å². The molecule has 0 spiro atoms. The molecule has 0 saturated heterocycles. The van der Waals surface area contributed by atoms with Crippen LogP contribution in [0.4, 0.5) is 0 Å². The molecule has 2 atom stereocenters. The van der Waals surface area contributed by atoms with Crippen molar-refractivity contribution in [2.75, 3.05) is 19.7 Å². The summed E-state index contributed by atoms with van der Waals surface area (Å²) in [6.07, 6.45) is 34.3. The predicted octanol–water partition coefficient (Wildman–Crippen LogP) is 7.81. The molecule has 0 radical (unpaired) electrons. The maximum absolute atomic E-state index is 9.39. The van der Waals surface area contributed by atoms with E-state index in [1.165, 1.54) is 116 Å². The Balaban J connectivity index is 1.83. The van der Waals surface area contributed by atoms with Gasteiger partial charge < -0.3 is 10.4 Å². The molecular formula is C28H55N2O+. The van der Waals surface area contributed by atoms with Gasteiger partial charge in [-0.1, -0.05) is 96.1 Å². The number of quaternary nitrogens is 1. The Morgan fingerprint density at radius 2 is 1.26 bits per heavy atom. The van der Waals surface area contributed by atoms with E-state index in [4.69, 9.17) is 0 Å². The Labute approximate surface area is 195 Å². The van der Waals surface area contributed by atoms with E-state index in [1.807, 2.05) is 0 Å². The molecule has 31 heavy (non-hydrogen) atoms. The van der Waals surface area contributed by atoms with Gasteiger partial charge in [-0.15, -0.1) is 0 Å². The average Bonchev–Trinajstić information content (AvgIpc) is 3.18. The van der Waals surface area contributed by atoms with E-state index in [-0.39, 0.29) is 6.61 Å². The first-order valence-electron chi connectivity index (χ1n) is 13.8. The number of aliphatic hydroxyl groups is 1. The molecule has 182 valence electrons. The Hall–Kier alpha value is -0.800. The van der Waals surface area contributed by atoms with Crippen LogP contribution in [0.25, 0.3) is 0 Å². The quantitative estimate of drug-likeness (QED) is 0.103. The van der Waals surface area contributed by atoms with Crippen LogP contribution in [0.2, 0.25) is 0 Å². The average molecular weight is 436 g/mol. The summed E-state index contributed by atoms with van der Waals surface area (Å²) in [6.45, 7) is 6.68. The van der Waals surface area contributed by atoms with Gasteiger partial charge in [0.15, 0.2) is 6.17 Å². The molecule has 0 saturated carbocycles. The van der Waals surface area contributed by atoms with Gasteiger partial charge in [-0.3, -0.25) is 4.48 Å². The van der Waals surface area contributed by atoms with Gasteiger partial charge in [0.05, 0.1) is 19.4 Å². The summed E-state index contributed by atoms with van der Waals surface area (Å²) in [5.74, 6) is 0. The third kappa shape index (κ3) is 13.4. The van der Waals surface area contributed by atoms with Crippen LogP contribution >= 0.6 is 0 Å². The van der Waals surface area contributed by atoms with Crippen LogP contribution in [-0.2, 0) is 0 Å². The first-order chi connectivity index (χ1) is 15.3. The Kier molecular flexibility index (Phi) is 18.1. The van der Waals surface area contributed by atoms with Crippen molar-refractivity contribution in [3.05, 3.63) is 24.6 Å². The number of likely N-dealkylation sites (N-methyl/N-ethyl adjacent to an activating group) is 1. The van der Waals surface area contributed by atoms with Crippen molar-refractivity contribution in [3.8, 4) is 0 Å². The zero-order valence-electron chi connectivity index (χ0n) is 21.1. The molecule has 0 aromatic carbocycles. The van der Waals surface area contributed by atoms with E-state index in [0.29, 0.717) is 6.17 Å². The van der Waals surface area contributed by atoms with E-state index < -0.39 is 0 Å². The minimum Gasteiger partial charge on any atom is -0.390 e. The minimum atomic E-state index is 0.270. The van der Waals surface area contributed by atoms with Crippen LogP contribution < -0.4 is 5.32 Å². The van der Waals surface area contributed by atoms with Crippen molar-refractivity contribution >= 4 is 0 Å². The third-order valence-corrected chi connectivity index (χ3v) is 7.13. The molecule has 0 bridgehead atoms. The topological polar surface area (TPSA) is 32.3 Å². The number of rotatable bonds is 22. The number of unbranched alkanes of at least 4 members (excludes halogenated alkanes) is 15. The molecule has 3 nitrogen and oxygen atoms in total. The van der Waals surface area contributed by atoms with Gasteiger partial charge in [0.25, 0.3) is 0 Å². The third-order valence-electron chi connectivity index (χ3n) is 7.13. The summed E-state index contributed by atoms with van der Waals surface area (Å²) in [5, 5.41) is 12.9. The monoisotopic (exact) mass is 435 g/mol. The van der Waals surface area contributed by atoms with Crippen LogP contribution in [0, 0.1) is 0 Å². The van der Waals surface area contributed by atoms with Gasteiger partial charge in [-0.25, -0.2) is 0 Å². The number of hydrogen-bond donors (Lipinski definition) is 2. The van der Waals surface area contributed by atoms with Crippen molar-refractivity contribution < 1.29 is 9.59 Å². The Morgan fingerprint density at radius 1 is 0.742 bits per heavy atom. The van der Waals surface area contributed by atoms with Crippen LogP contribution in [-0.4, -0.2) is 35.5 Å². The lowest BCUT2D eigenvalue weighted by molar-refractivity contribution is -0.900. The lowest BCUT2D eigenvalue weighted by Gasteiger charge is -2.36. The molecule has 1 heterocycles. The highest BCUT2D eigenvalue weighted by Crippen LogP contribution is 2.23. The van der Waals surface area contributed by atoms with Crippen LogP contribution in [0.1, 0.15) is 129 Å². The highest BCUT2D eigenvalue weighted by Gasteiger charge is 2.35. The zero-order valence-corrected chi connectivity index (χ0v) is 21.1. The molecular weight excluding hydrogens is 380 g/mol. The van der Waals surface area contributed by atoms with E-state index in [0.717, 1.165) is 17.6 Å². The second-order valence-electron chi connectivity index (χ2n) is 9.65. The van der Waals surface area contributed by atoms with Gasteiger partial charge in [-0.05, 0) is 39.0 Å². The fourth-order valence-electron chi connectivity index (χ4n) is 4.91. The van der Waals surface area contributed by atoms with Gasteiger partial charge >= 0.3 is 0 Å². The Morgan fingerprint density at radius 3 is 1.77 bits per heavy atom. The molecule has 1 aliphatic rings. The lowest BCUT2D eigenvalue weighted by atomic mass is 10.0. The standard InChI is InChI=1S/C28H55N2O/c1-3-5-6-7-8-9-10-11-12-13-14-15-16-17-18-19-20-21-22-23-28-29-24-25-30(28,4-2)26-27-31/h11-12,24-25,28-29,31H,3-10,13-23,26-27H2,1-2H3/q+1/b12-11+. The van der Waals surface area contributed by atoms with Crippen molar-refractivity contribution in [2.45, 2.75) is 136 Å². The lowest BCUT2D eigenvalue weighted by Crippen LogP contribution is -2.54. The van der Waals surface area contributed by atoms with Gasteiger partial charge in [-0.2, -0.15) is 0 Å². The van der Waals surface area contributed by atoms with Crippen molar-refractivity contribution in [2.24, 2.45) is 0 Å². The van der Waals surface area contributed by atoms with E-state index >= 15 is 0 Å². The molecule has 0 fully saturated rings.